The predicted octanol–water partition coefficient (Wildman–Crippen LogP) is 4.07. The van der Waals surface area contributed by atoms with E-state index in [4.69, 9.17) is 9.26 Å². The minimum Gasteiger partial charge on any atom is -0.452 e. The topological polar surface area (TPSA) is 81.4 Å². The third-order valence-corrected chi connectivity index (χ3v) is 3.86. The van der Waals surface area contributed by atoms with Crippen molar-refractivity contribution in [2.75, 3.05) is 11.9 Å². The SMILES string of the molecule is CC(C)(C)c1ccc(C(=O)OCC(=O)Nc2cc(C(C)(C)C)no2)cc1. The van der Waals surface area contributed by atoms with Gasteiger partial charge in [0.2, 0.25) is 5.88 Å². The summed E-state index contributed by atoms with van der Waals surface area (Å²) in [6.45, 7) is 11.9. The molecule has 1 aromatic heterocycles. The number of esters is 1. The Morgan fingerprint density at radius 2 is 1.65 bits per heavy atom. The van der Waals surface area contributed by atoms with Crippen LogP contribution in [0, 0.1) is 0 Å². The molecular weight excluding hydrogens is 332 g/mol. The van der Waals surface area contributed by atoms with Crippen LogP contribution in [-0.2, 0) is 20.4 Å². The number of anilines is 1. The lowest BCUT2D eigenvalue weighted by Gasteiger charge is -2.18. The number of carbonyl (C=O) groups is 2. The molecule has 140 valence electrons. The van der Waals surface area contributed by atoms with E-state index in [9.17, 15) is 9.59 Å². The summed E-state index contributed by atoms with van der Waals surface area (Å²) in [4.78, 5) is 24.0. The molecule has 2 rings (SSSR count). The monoisotopic (exact) mass is 358 g/mol. The second kappa shape index (κ2) is 7.32. The molecule has 0 atom stereocenters. The summed E-state index contributed by atoms with van der Waals surface area (Å²) in [6.07, 6.45) is 0. The number of benzene rings is 1. The van der Waals surface area contributed by atoms with Crippen molar-refractivity contribution in [3.8, 4) is 0 Å². The zero-order valence-electron chi connectivity index (χ0n) is 16.2. The maximum absolute atomic E-state index is 12.1. The first-order valence-electron chi connectivity index (χ1n) is 8.51. The number of rotatable bonds is 4. The molecule has 0 bridgehead atoms. The molecule has 1 N–H and O–H groups in total. The van der Waals surface area contributed by atoms with E-state index in [0.29, 0.717) is 5.56 Å². The quantitative estimate of drug-likeness (QED) is 0.833. The number of carbonyl (C=O) groups excluding carboxylic acids is 2. The van der Waals surface area contributed by atoms with E-state index < -0.39 is 18.5 Å². The van der Waals surface area contributed by atoms with Gasteiger partial charge in [0.05, 0.1) is 11.3 Å². The van der Waals surface area contributed by atoms with Crippen LogP contribution in [0.5, 0.6) is 0 Å². The van der Waals surface area contributed by atoms with E-state index >= 15 is 0 Å². The van der Waals surface area contributed by atoms with Crippen molar-refractivity contribution in [3.05, 3.63) is 47.2 Å². The predicted molar refractivity (Wildman–Crippen MR) is 99.3 cm³/mol. The lowest BCUT2D eigenvalue weighted by molar-refractivity contribution is -0.119. The molecule has 0 aliphatic rings. The first-order valence-corrected chi connectivity index (χ1v) is 8.51. The van der Waals surface area contributed by atoms with Crippen LogP contribution in [0.2, 0.25) is 0 Å². The van der Waals surface area contributed by atoms with Gasteiger partial charge in [0, 0.05) is 11.5 Å². The van der Waals surface area contributed by atoms with Gasteiger partial charge in [-0.2, -0.15) is 0 Å². The Hall–Kier alpha value is -2.63. The summed E-state index contributed by atoms with van der Waals surface area (Å²) in [5.41, 5.74) is 2.07. The number of aromatic nitrogens is 1. The zero-order chi connectivity index (χ0) is 19.5. The highest BCUT2D eigenvalue weighted by Gasteiger charge is 2.20. The van der Waals surface area contributed by atoms with Crippen LogP contribution in [-0.4, -0.2) is 23.6 Å². The standard InChI is InChI=1S/C20H26N2O4/c1-19(2,3)14-9-7-13(8-10-14)18(24)25-12-16(23)21-17-11-15(22-26-17)20(4,5)6/h7-11H,12H2,1-6H3,(H,21,23). The lowest BCUT2D eigenvalue weighted by Crippen LogP contribution is -2.21. The Bertz CT molecular complexity index is 777. The van der Waals surface area contributed by atoms with E-state index in [-0.39, 0.29) is 16.7 Å². The molecule has 0 aliphatic carbocycles. The smallest absolute Gasteiger partial charge is 0.338 e. The van der Waals surface area contributed by atoms with Gasteiger partial charge in [-0.05, 0) is 23.1 Å². The Morgan fingerprint density at radius 1 is 1.04 bits per heavy atom. The largest absolute Gasteiger partial charge is 0.452 e. The molecule has 0 spiro atoms. The lowest BCUT2D eigenvalue weighted by atomic mass is 9.87. The van der Waals surface area contributed by atoms with Crippen LogP contribution in [0.3, 0.4) is 0 Å². The number of nitrogens with one attached hydrogen (secondary N) is 1. The van der Waals surface area contributed by atoms with Gasteiger partial charge in [-0.1, -0.05) is 58.8 Å². The molecule has 1 heterocycles. The van der Waals surface area contributed by atoms with Gasteiger partial charge in [-0.3, -0.25) is 10.1 Å². The summed E-state index contributed by atoms with van der Waals surface area (Å²) < 4.78 is 10.1. The summed E-state index contributed by atoms with van der Waals surface area (Å²) in [6, 6.07) is 8.84. The highest BCUT2D eigenvalue weighted by Crippen LogP contribution is 2.24. The third kappa shape index (κ3) is 5.18. The molecule has 6 nitrogen and oxygen atoms in total. The number of hydrogen-bond donors (Lipinski definition) is 1. The van der Waals surface area contributed by atoms with Crippen LogP contribution in [0.1, 0.15) is 63.2 Å². The molecule has 0 saturated heterocycles. The molecule has 0 radical (unpaired) electrons. The second-order valence-corrected chi connectivity index (χ2v) is 8.28. The Balaban J connectivity index is 1.89. The Kier molecular flexibility index (Phi) is 5.54. The Labute approximate surface area is 153 Å². The highest BCUT2D eigenvalue weighted by atomic mass is 16.5. The molecule has 26 heavy (non-hydrogen) atoms. The van der Waals surface area contributed by atoms with E-state index in [0.717, 1.165) is 11.3 Å². The maximum atomic E-state index is 12.1. The third-order valence-electron chi connectivity index (χ3n) is 3.86. The first-order chi connectivity index (χ1) is 12.0. The van der Waals surface area contributed by atoms with Crippen LogP contribution >= 0.6 is 0 Å². The first kappa shape index (κ1) is 19.7. The molecule has 2 aromatic rings. The van der Waals surface area contributed by atoms with E-state index in [2.05, 4.69) is 31.2 Å². The zero-order valence-corrected chi connectivity index (χ0v) is 16.2. The minimum atomic E-state index is -0.548. The van der Waals surface area contributed by atoms with E-state index in [1.807, 2.05) is 32.9 Å². The molecule has 0 aliphatic heterocycles. The van der Waals surface area contributed by atoms with Crippen LogP contribution in [0.15, 0.2) is 34.9 Å². The van der Waals surface area contributed by atoms with Crippen molar-refractivity contribution < 1.29 is 18.8 Å². The fourth-order valence-electron chi connectivity index (χ4n) is 2.18. The molecule has 1 amide bonds. The van der Waals surface area contributed by atoms with Crippen molar-refractivity contribution in [1.29, 1.82) is 0 Å². The van der Waals surface area contributed by atoms with E-state index in [1.54, 1.807) is 18.2 Å². The summed E-state index contributed by atoms with van der Waals surface area (Å²) >= 11 is 0. The van der Waals surface area contributed by atoms with Gasteiger partial charge in [0.25, 0.3) is 5.91 Å². The van der Waals surface area contributed by atoms with Gasteiger partial charge < -0.3 is 9.26 Å². The molecular formula is C20H26N2O4. The summed E-state index contributed by atoms with van der Waals surface area (Å²) in [5.74, 6) is -0.805. The second-order valence-electron chi connectivity index (χ2n) is 8.28. The molecule has 0 saturated carbocycles. The van der Waals surface area contributed by atoms with Gasteiger partial charge in [-0.15, -0.1) is 0 Å². The summed E-state index contributed by atoms with van der Waals surface area (Å²) in [5, 5.41) is 6.44. The number of amides is 1. The highest BCUT2D eigenvalue weighted by molar-refractivity contribution is 5.94. The molecule has 1 aromatic carbocycles. The van der Waals surface area contributed by atoms with Crippen molar-refractivity contribution in [3.63, 3.8) is 0 Å². The Morgan fingerprint density at radius 3 is 2.15 bits per heavy atom. The normalized spacial score (nSPS) is 11.9. The van der Waals surface area contributed by atoms with Gasteiger partial charge in [0.1, 0.15) is 0 Å². The van der Waals surface area contributed by atoms with Crippen molar-refractivity contribution in [2.45, 2.75) is 52.4 Å². The summed E-state index contributed by atoms with van der Waals surface area (Å²) in [7, 11) is 0. The fourth-order valence-corrected chi connectivity index (χ4v) is 2.18. The average molecular weight is 358 g/mol. The van der Waals surface area contributed by atoms with E-state index in [1.165, 1.54) is 0 Å². The van der Waals surface area contributed by atoms with Gasteiger partial charge in [0.15, 0.2) is 6.61 Å². The van der Waals surface area contributed by atoms with Crippen LogP contribution in [0.4, 0.5) is 5.88 Å². The molecule has 0 unspecified atom stereocenters. The fraction of sp³-hybridized carbons (Fsp3) is 0.450. The van der Waals surface area contributed by atoms with Crippen molar-refractivity contribution >= 4 is 17.8 Å². The minimum absolute atomic E-state index is 0.00526. The van der Waals surface area contributed by atoms with Gasteiger partial charge in [-0.25, -0.2) is 4.79 Å². The molecule has 0 fully saturated rings. The number of hydrogen-bond acceptors (Lipinski definition) is 5. The van der Waals surface area contributed by atoms with Crippen LogP contribution in [0.25, 0.3) is 0 Å². The van der Waals surface area contributed by atoms with Crippen molar-refractivity contribution in [2.24, 2.45) is 0 Å². The molecule has 6 heteroatoms. The number of nitrogens with zero attached hydrogens (tertiary/aromatic N) is 1. The maximum Gasteiger partial charge on any atom is 0.338 e. The average Bonchev–Trinajstić information content (AvgIpc) is 3.00. The number of ether oxygens (including phenoxy) is 1. The van der Waals surface area contributed by atoms with Crippen LogP contribution < -0.4 is 5.32 Å². The van der Waals surface area contributed by atoms with Gasteiger partial charge >= 0.3 is 5.97 Å². The van der Waals surface area contributed by atoms with Crippen molar-refractivity contribution in [1.82, 2.24) is 5.16 Å².